The Balaban J connectivity index is 1.44. The molecule has 33 heavy (non-hydrogen) atoms. The summed E-state index contributed by atoms with van der Waals surface area (Å²) in [4.78, 5) is 18.0. The van der Waals surface area contributed by atoms with Crippen molar-refractivity contribution in [3.8, 4) is 11.5 Å². The van der Waals surface area contributed by atoms with Crippen molar-refractivity contribution in [1.29, 1.82) is 0 Å². The second-order valence-corrected chi connectivity index (χ2v) is 9.07. The molecule has 3 aromatic rings. The van der Waals surface area contributed by atoms with Gasteiger partial charge in [0.25, 0.3) is 15.9 Å². The average Bonchev–Trinajstić information content (AvgIpc) is 2.84. The zero-order chi connectivity index (χ0) is 23.1. The lowest BCUT2D eigenvalue weighted by Gasteiger charge is -2.22. The van der Waals surface area contributed by atoms with Gasteiger partial charge in [0.1, 0.15) is 11.5 Å². The van der Waals surface area contributed by atoms with Gasteiger partial charge >= 0.3 is 0 Å². The number of sulfonamides is 1. The minimum atomic E-state index is -3.95. The predicted octanol–water partition coefficient (Wildman–Crippen LogP) is 4.47. The molecule has 1 amide bonds. The van der Waals surface area contributed by atoms with E-state index in [1.807, 2.05) is 18.2 Å². The third-order valence-corrected chi connectivity index (χ3v) is 6.33. The monoisotopic (exact) mass is 468 g/mol. The molecule has 3 aromatic carbocycles. The molecule has 2 N–H and O–H groups in total. The SMILES string of the molecule is O=C(NOC1CCCCO1)c1ccccc1NS(=O)(=O)c1ccc(Oc2ccccc2)cc1. The van der Waals surface area contributed by atoms with Crippen molar-refractivity contribution < 1.29 is 27.5 Å². The number of hydrogen-bond donors (Lipinski definition) is 2. The number of carbonyl (C=O) groups excluding carboxylic acids is 1. The van der Waals surface area contributed by atoms with Gasteiger partial charge < -0.3 is 9.47 Å². The summed E-state index contributed by atoms with van der Waals surface area (Å²) in [5.41, 5.74) is 2.61. The summed E-state index contributed by atoms with van der Waals surface area (Å²) in [6.07, 6.45) is 2.07. The summed E-state index contributed by atoms with van der Waals surface area (Å²) in [7, 11) is -3.95. The molecule has 1 aliphatic rings. The topological polar surface area (TPSA) is 103 Å². The molecule has 1 heterocycles. The molecule has 9 heteroatoms. The molecular weight excluding hydrogens is 444 g/mol. The van der Waals surface area contributed by atoms with E-state index in [0.717, 1.165) is 12.8 Å². The van der Waals surface area contributed by atoms with Crippen molar-refractivity contribution in [2.24, 2.45) is 0 Å². The first-order valence-electron chi connectivity index (χ1n) is 10.5. The van der Waals surface area contributed by atoms with Crippen LogP contribution in [0.15, 0.2) is 83.8 Å². The highest BCUT2D eigenvalue weighted by Gasteiger charge is 2.21. The summed E-state index contributed by atoms with van der Waals surface area (Å²) in [6, 6.07) is 21.5. The molecule has 0 aliphatic carbocycles. The van der Waals surface area contributed by atoms with Gasteiger partial charge in [0.15, 0.2) is 6.29 Å². The molecule has 1 fully saturated rings. The van der Waals surface area contributed by atoms with E-state index in [1.165, 1.54) is 24.3 Å². The van der Waals surface area contributed by atoms with Gasteiger partial charge in [-0.1, -0.05) is 30.3 Å². The van der Waals surface area contributed by atoms with Gasteiger partial charge in [0, 0.05) is 13.0 Å². The van der Waals surface area contributed by atoms with E-state index in [1.54, 1.807) is 36.4 Å². The third-order valence-electron chi connectivity index (χ3n) is 4.95. The minimum absolute atomic E-state index is 0.0324. The zero-order valence-electron chi connectivity index (χ0n) is 17.8. The number of para-hydroxylation sites is 2. The summed E-state index contributed by atoms with van der Waals surface area (Å²) in [5.74, 6) is 0.572. The summed E-state index contributed by atoms with van der Waals surface area (Å²) in [6.45, 7) is 0.575. The third kappa shape index (κ3) is 6.10. The first-order chi connectivity index (χ1) is 16.0. The van der Waals surface area contributed by atoms with Crippen LogP contribution in [-0.2, 0) is 19.6 Å². The van der Waals surface area contributed by atoms with E-state index >= 15 is 0 Å². The number of ether oxygens (including phenoxy) is 2. The smallest absolute Gasteiger partial charge is 0.277 e. The highest BCUT2D eigenvalue weighted by atomic mass is 32.2. The van der Waals surface area contributed by atoms with Gasteiger partial charge in [-0.25, -0.2) is 18.7 Å². The Labute approximate surface area is 192 Å². The van der Waals surface area contributed by atoms with Gasteiger partial charge in [0.2, 0.25) is 0 Å². The number of hydroxylamine groups is 1. The van der Waals surface area contributed by atoms with Crippen molar-refractivity contribution in [3.05, 3.63) is 84.4 Å². The van der Waals surface area contributed by atoms with Gasteiger partial charge in [-0.15, -0.1) is 0 Å². The van der Waals surface area contributed by atoms with Crippen LogP contribution in [0.3, 0.4) is 0 Å². The van der Waals surface area contributed by atoms with E-state index < -0.39 is 22.2 Å². The van der Waals surface area contributed by atoms with Crippen LogP contribution < -0.4 is 14.9 Å². The van der Waals surface area contributed by atoms with Crippen LogP contribution >= 0.6 is 0 Å². The maximum absolute atomic E-state index is 12.9. The second kappa shape index (κ2) is 10.5. The summed E-state index contributed by atoms with van der Waals surface area (Å²) >= 11 is 0. The average molecular weight is 469 g/mol. The van der Waals surface area contributed by atoms with Crippen LogP contribution in [-0.4, -0.2) is 27.2 Å². The van der Waals surface area contributed by atoms with Crippen molar-refractivity contribution >= 4 is 21.6 Å². The minimum Gasteiger partial charge on any atom is -0.457 e. The summed E-state index contributed by atoms with van der Waals surface area (Å²) < 4.78 is 39.4. The Kier molecular flexibility index (Phi) is 7.23. The molecule has 1 saturated heterocycles. The Hall–Kier alpha value is -3.40. The lowest BCUT2D eigenvalue weighted by molar-refractivity contribution is -0.186. The fourth-order valence-electron chi connectivity index (χ4n) is 3.26. The number of hydrogen-bond acceptors (Lipinski definition) is 6. The van der Waals surface area contributed by atoms with Crippen LogP contribution in [0, 0.1) is 0 Å². The van der Waals surface area contributed by atoms with Crippen LogP contribution in [0.25, 0.3) is 0 Å². The lowest BCUT2D eigenvalue weighted by atomic mass is 10.2. The first-order valence-corrected chi connectivity index (χ1v) is 12.0. The Morgan fingerprint density at radius 3 is 2.30 bits per heavy atom. The highest BCUT2D eigenvalue weighted by Crippen LogP contribution is 2.25. The molecular formula is C24H24N2O6S. The van der Waals surface area contributed by atoms with Crippen molar-refractivity contribution in [3.63, 3.8) is 0 Å². The van der Waals surface area contributed by atoms with Crippen molar-refractivity contribution in [2.45, 2.75) is 30.4 Å². The van der Waals surface area contributed by atoms with E-state index in [4.69, 9.17) is 14.3 Å². The number of anilines is 1. The molecule has 1 unspecified atom stereocenters. The number of rotatable bonds is 8. The molecule has 0 saturated carbocycles. The molecule has 4 rings (SSSR count). The van der Waals surface area contributed by atoms with Crippen molar-refractivity contribution in [1.82, 2.24) is 5.48 Å². The van der Waals surface area contributed by atoms with Crippen LogP contribution in [0.4, 0.5) is 5.69 Å². The highest BCUT2D eigenvalue weighted by molar-refractivity contribution is 7.92. The van der Waals surface area contributed by atoms with Gasteiger partial charge in [-0.05, 0) is 61.4 Å². The fraction of sp³-hybridized carbons (Fsp3) is 0.208. The van der Waals surface area contributed by atoms with Gasteiger partial charge in [0.05, 0.1) is 16.1 Å². The van der Waals surface area contributed by atoms with Crippen LogP contribution in [0.2, 0.25) is 0 Å². The largest absolute Gasteiger partial charge is 0.457 e. The molecule has 0 aromatic heterocycles. The Morgan fingerprint density at radius 1 is 0.879 bits per heavy atom. The Morgan fingerprint density at radius 2 is 1.58 bits per heavy atom. The maximum atomic E-state index is 12.9. The number of carbonyl (C=O) groups is 1. The van der Waals surface area contributed by atoms with Crippen molar-refractivity contribution in [2.75, 3.05) is 11.3 Å². The molecule has 172 valence electrons. The number of amides is 1. The van der Waals surface area contributed by atoms with E-state index in [-0.39, 0.29) is 16.1 Å². The molecule has 1 aliphatic heterocycles. The molecule has 8 nitrogen and oxygen atoms in total. The van der Waals surface area contributed by atoms with E-state index in [9.17, 15) is 13.2 Å². The number of nitrogens with one attached hydrogen (secondary N) is 2. The van der Waals surface area contributed by atoms with E-state index in [2.05, 4.69) is 10.2 Å². The molecule has 0 spiro atoms. The first kappa shape index (κ1) is 22.8. The maximum Gasteiger partial charge on any atom is 0.277 e. The lowest BCUT2D eigenvalue weighted by Crippen LogP contribution is -2.33. The molecule has 1 atom stereocenters. The van der Waals surface area contributed by atoms with E-state index in [0.29, 0.717) is 24.5 Å². The normalized spacial score (nSPS) is 16.1. The number of benzene rings is 3. The fourth-order valence-corrected chi connectivity index (χ4v) is 4.34. The van der Waals surface area contributed by atoms with Crippen LogP contribution in [0.5, 0.6) is 11.5 Å². The quantitative estimate of drug-likeness (QED) is 0.473. The molecule has 0 radical (unpaired) electrons. The second-order valence-electron chi connectivity index (χ2n) is 7.38. The zero-order valence-corrected chi connectivity index (χ0v) is 18.6. The predicted molar refractivity (Wildman–Crippen MR) is 122 cm³/mol. The van der Waals surface area contributed by atoms with Gasteiger partial charge in [-0.2, -0.15) is 0 Å². The van der Waals surface area contributed by atoms with Crippen LogP contribution in [0.1, 0.15) is 29.6 Å². The van der Waals surface area contributed by atoms with Gasteiger partial charge in [-0.3, -0.25) is 9.52 Å². The standard InChI is InChI=1S/C24H24N2O6S/c27-24(25-32-23-12-6-7-17-30-23)21-10-4-5-11-22(21)26-33(28,29)20-15-13-19(14-16-20)31-18-8-2-1-3-9-18/h1-5,8-11,13-16,23,26H,6-7,12,17H2,(H,25,27). The molecule has 0 bridgehead atoms. The Bertz CT molecular complexity index is 1180. The summed E-state index contributed by atoms with van der Waals surface area (Å²) in [5, 5.41) is 0.